The highest BCUT2D eigenvalue weighted by molar-refractivity contribution is 6.06. The molecular weight excluding hydrogens is 376 g/mol. The standard InChI is InChI=1S/C25H30N2O3/c28-23(27-16-8-1-2-9-17-27)21-12-6-7-13-22(21)26-24(29)25(14-18-30-19-15-25)20-10-4-3-5-11-20/h3-7,10-13H,1-2,8-9,14-19H2,(H,26,29). The number of ether oxygens (including phenoxy) is 1. The van der Waals surface area contributed by atoms with E-state index in [1.165, 1.54) is 12.8 Å². The van der Waals surface area contributed by atoms with Crippen LogP contribution in [0.5, 0.6) is 0 Å². The van der Waals surface area contributed by atoms with Crippen LogP contribution in [-0.4, -0.2) is 43.0 Å². The van der Waals surface area contributed by atoms with Gasteiger partial charge in [0.1, 0.15) is 0 Å². The quantitative estimate of drug-likeness (QED) is 0.819. The first kappa shape index (κ1) is 20.6. The van der Waals surface area contributed by atoms with Crippen LogP contribution in [0.25, 0.3) is 0 Å². The predicted molar refractivity (Wildman–Crippen MR) is 118 cm³/mol. The fourth-order valence-electron chi connectivity index (χ4n) is 4.59. The van der Waals surface area contributed by atoms with Gasteiger partial charge in [-0.15, -0.1) is 0 Å². The second-order valence-electron chi connectivity index (χ2n) is 8.27. The van der Waals surface area contributed by atoms with E-state index in [1.54, 1.807) is 0 Å². The van der Waals surface area contributed by atoms with Gasteiger partial charge in [-0.05, 0) is 43.4 Å². The molecule has 2 aliphatic rings. The number of nitrogens with one attached hydrogen (secondary N) is 1. The van der Waals surface area contributed by atoms with E-state index in [9.17, 15) is 9.59 Å². The van der Waals surface area contributed by atoms with Crippen LogP contribution in [0.3, 0.4) is 0 Å². The summed E-state index contributed by atoms with van der Waals surface area (Å²) in [5, 5.41) is 3.11. The van der Waals surface area contributed by atoms with Crippen LogP contribution in [0, 0.1) is 0 Å². The first-order chi connectivity index (χ1) is 14.7. The highest BCUT2D eigenvalue weighted by atomic mass is 16.5. The normalized spacial score (nSPS) is 19.0. The monoisotopic (exact) mass is 406 g/mol. The lowest BCUT2D eigenvalue weighted by Crippen LogP contribution is -2.45. The van der Waals surface area contributed by atoms with Crippen LogP contribution in [-0.2, 0) is 14.9 Å². The van der Waals surface area contributed by atoms with Crippen molar-refractivity contribution in [2.75, 3.05) is 31.6 Å². The lowest BCUT2D eigenvalue weighted by Gasteiger charge is -2.36. The minimum atomic E-state index is -0.641. The number of hydrogen-bond acceptors (Lipinski definition) is 3. The van der Waals surface area contributed by atoms with Crippen molar-refractivity contribution in [3.05, 3.63) is 65.7 Å². The molecule has 2 heterocycles. The number of likely N-dealkylation sites (tertiary alicyclic amines) is 1. The molecular formula is C25H30N2O3. The molecule has 2 fully saturated rings. The van der Waals surface area contributed by atoms with Crippen LogP contribution >= 0.6 is 0 Å². The Hall–Kier alpha value is -2.66. The molecule has 0 spiro atoms. The summed E-state index contributed by atoms with van der Waals surface area (Å²) >= 11 is 0. The van der Waals surface area contributed by atoms with Gasteiger partial charge in [-0.2, -0.15) is 0 Å². The van der Waals surface area contributed by atoms with Gasteiger partial charge in [-0.3, -0.25) is 9.59 Å². The van der Waals surface area contributed by atoms with Crippen molar-refractivity contribution in [3.63, 3.8) is 0 Å². The summed E-state index contributed by atoms with van der Waals surface area (Å²) in [5.41, 5.74) is 1.53. The summed E-state index contributed by atoms with van der Waals surface area (Å²) in [6.45, 7) is 2.67. The number of hydrogen-bond donors (Lipinski definition) is 1. The largest absolute Gasteiger partial charge is 0.381 e. The van der Waals surface area contributed by atoms with Gasteiger partial charge in [0, 0.05) is 26.3 Å². The number of benzene rings is 2. The van der Waals surface area contributed by atoms with E-state index in [0.29, 0.717) is 37.3 Å². The van der Waals surface area contributed by atoms with Gasteiger partial charge in [0.2, 0.25) is 5.91 Å². The molecule has 2 aliphatic heterocycles. The Morgan fingerprint density at radius 1 is 0.833 bits per heavy atom. The third-order valence-electron chi connectivity index (χ3n) is 6.41. The molecule has 2 saturated heterocycles. The van der Waals surface area contributed by atoms with Crippen LogP contribution in [0.1, 0.15) is 54.4 Å². The van der Waals surface area contributed by atoms with Gasteiger partial charge < -0.3 is 15.0 Å². The average Bonchev–Trinajstić information content (AvgIpc) is 3.10. The second-order valence-corrected chi connectivity index (χ2v) is 8.27. The Labute approximate surface area is 178 Å². The maximum Gasteiger partial charge on any atom is 0.255 e. The number of amides is 2. The minimum absolute atomic E-state index is 0.00791. The molecule has 30 heavy (non-hydrogen) atoms. The van der Waals surface area contributed by atoms with E-state index in [2.05, 4.69) is 5.32 Å². The molecule has 0 saturated carbocycles. The lowest BCUT2D eigenvalue weighted by molar-refractivity contribution is -0.125. The first-order valence-electron chi connectivity index (χ1n) is 11.0. The molecule has 0 radical (unpaired) electrons. The number of rotatable bonds is 4. The predicted octanol–water partition coefficient (Wildman–Crippen LogP) is 4.39. The van der Waals surface area contributed by atoms with Crippen molar-refractivity contribution in [2.24, 2.45) is 0 Å². The van der Waals surface area contributed by atoms with Crippen molar-refractivity contribution in [2.45, 2.75) is 43.9 Å². The second kappa shape index (κ2) is 9.43. The van der Waals surface area contributed by atoms with Crippen molar-refractivity contribution in [1.82, 2.24) is 4.90 Å². The van der Waals surface area contributed by atoms with Crippen LogP contribution in [0.4, 0.5) is 5.69 Å². The number of carbonyl (C=O) groups is 2. The van der Waals surface area contributed by atoms with Crippen molar-refractivity contribution in [3.8, 4) is 0 Å². The van der Waals surface area contributed by atoms with E-state index in [1.807, 2.05) is 59.5 Å². The molecule has 2 amide bonds. The maximum absolute atomic E-state index is 13.6. The molecule has 0 aromatic heterocycles. The molecule has 2 aromatic carbocycles. The molecule has 0 bridgehead atoms. The fourth-order valence-corrected chi connectivity index (χ4v) is 4.59. The van der Waals surface area contributed by atoms with E-state index in [4.69, 9.17) is 4.74 Å². The number of para-hydroxylation sites is 1. The maximum atomic E-state index is 13.6. The summed E-state index contributed by atoms with van der Waals surface area (Å²) in [7, 11) is 0. The fraction of sp³-hybridized carbons (Fsp3) is 0.440. The Morgan fingerprint density at radius 2 is 1.47 bits per heavy atom. The van der Waals surface area contributed by atoms with Crippen molar-refractivity contribution >= 4 is 17.5 Å². The highest BCUT2D eigenvalue weighted by Gasteiger charge is 2.42. The summed E-state index contributed by atoms with van der Waals surface area (Å²) in [6, 6.07) is 17.3. The zero-order chi connectivity index (χ0) is 20.8. The van der Waals surface area contributed by atoms with Crippen LogP contribution < -0.4 is 5.32 Å². The van der Waals surface area contributed by atoms with Crippen molar-refractivity contribution in [1.29, 1.82) is 0 Å². The summed E-state index contributed by atoms with van der Waals surface area (Å²) < 4.78 is 5.56. The Bertz CT molecular complexity index is 867. The van der Waals surface area contributed by atoms with Gasteiger partial charge >= 0.3 is 0 Å². The molecule has 2 aromatic rings. The molecule has 158 valence electrons. The minimum Gasteiger partial charge on any atom is -0.381 e. The number of carbonyl (C=O) groups excluding carboxylic acids is 2. The molecule has 0 atom stereocenters. The third-order valence-corrected chi connectivity index (χ3v) is 6.41. The van der Waals surface area contributed by atoms with Crippen LogP contribution in [0.2, 0.25) is 0 Å². The Balaban J connectivity index is 1.60. The van der Waals surface area contributed by atoms with Gasteiger partial charge in [-0.25, -0.2) is 0 Å². The summed E-state index contributed by atoms with van der Waals surface area (Å²) in [5.74, 6) is -0.0540. The highest BCUT2D eigenvalue weighted by Crippen LogP contribution is 2.36. The Morgan fingerprint density at radius 3 is 2.17 bits per heavy atom. The smallest absolute Gasteiger partial charge is 0.255 e. The average molecular weight is 407 g/mol. The SMILES string of the molecule is O=C(c1ccccc1NC(=O)C1(c2ccccc2)CCOCC1)N1CCCCCC1. The van der Waals surface area contributed by atoms with E-state index >= 15 is 0 Å². The molecule has 5 nitrogen and oxygen atoms in total. The molecule has 1 N–H and O–H groups in total. The zero-order valence-electron chi connectivity index (χ0n) is 17.4. The molecule has 0 aliphatic carbocycles. The van der Waals surface area contributed by atoms with Gasteiger partial charge in [0.25, 0.3) is 5.91 Å². The van der Waals surface area contributed by atoms with Gasteiger partial charge in [0.05, 0.1) is 16.7 Å². The number of nitrogens with zero attached hydrogens (tertiary/aromatic N) is 1. The van der Waals surface area contributed by atoms with E-state index < -0.39 is 5.41 Å². The van der Waals surface area contributed by atoms with Gasteiger partial charge in [-0.1, -0.05) is 55.3 Å². The molecule has 4 rings (SSSR count). The van der Waals surface area contributed by atoms with E-state index in [-0.39, 0.29) is 11.8 Å². The molecule has 5 heteroatoms. The number of anilines is 1. The Kier molecular flexibility index (Phi) is 6.48. The lowest BCUT2D eigenvalue weighted by atomic mass is 9.73. The van der Waals surface area contributed by atoms with Gasteiger partial charge in [0.15, 0.2) is 0 Å². The zero-order valence-corrected chi connectivity index (χ0v) is 17.4. The summed E-state index contributed by atoms with van der Waals surface area (Å²) in [4.78, 5) is 28.8. The molecule has 0 unspecified atom stereocenters. The van der Waals surface area contributed by atoms with E-state index in [0.717, 1.165) is 31.5 Å². The summed E-state index contributed by atoms with van der Waals surface area (Å²) in [6.07, 6.45) is 5.68. The van der Waals surface area contributed by atoms with Crippen molar-refractivity contribution < 1.29 is 14.3 Å². The van der Waals surface area contributed by atoms with Crippen LogP contribution in [0.15, 0.2) is 54.6 Å². The first-order valence-corrected chi connectivity index (χ1v) is 11.0. The topological polar surface area (TPSA) is 58.6 Å². The third kappa shape index (κ3) is 4.26.